The number of halogens is 1. The van der Waals surface area contributed by atoms with Crippen molar-refractivity contribution >= 4 is 22.5 Å². The molecule has 20 heavy (non-hydrogen) atoms. The maximum Gasteiger partial charge on any atom is 0.135 e. The van der Waals surface area contributed by atoms with Crippen molar-refractivity contribution < 1.29 is 9.47 Å². The van der Waals surface area contributed by atoms with E-state index in [0.29, 0.717) is 25.0 Å². The minimum atomic E-state index is -0.133. The first-order chi connectivity index (χ1) is 9.46. The van der Waals surface area contributed by atoms with Gasteiger partial charge in [-0.05, 0) is 32.9 Å². The molecule has 0 atom stereocenters. The Morgan fingerprint density at radius 2 is 1.90 bits per heavy atom. The van der Waals surface area contributed by atoms with Crippen LogP contribution in [0.3, 0.4) is 0 Å². The van der Waals surface area contributed by atoms with Gasteiger partial charge in [-0.3, -0.25) is 0 Å². The highest BCUT2D eigenvalue weighted by Gasteiger charge is 2.09. The molecule has 108 valence electrons. The van der Waals surface area contributed by atoms with Gasteiger partial charge in [-0.2, -0.15) is 0 Å². The van der Waals surface area contributed by atoms with Gasteiger partial charge in [0.15, 0.2) is 0 Å². The highest BCUT2D eigenvalue weighted by atomic mass is 35.5. The van der Waals surface area contributed by atoms with E-state index in [1.54, 1.807) is 0 Å². The fourth-order valence-electron chi connectivity index (χ4n) is 1.83. The van der Waals surface area contributed by atoms with E-state index in [9.17, 15) is 0 Å². The Balaban J connectivity index is 1.91. The Hall–Kier alpha value is -1.16. The first-order valence-electron chi connectivity index (χ1n) is 6.71. The molecule has 0 saturated carbocycles. The zero-order valence-corrected chi connectivity index (χ0v) is 12.9. The van der Waals surface area contributed by atoms with Crippen molar-refractivity contribution in [1.82, 2.24) is 4.98 Å². The smallest absolute Gasteiger partial charge is 0.135 e. The molecule has 1 aromatic carbocycles. The van der Waals surface area contributed by atoms with Gasteiger partial charge in [0.05, 0.1) is 30.9 Å². The van der Waals surface area contributed by atoms with Gasteiger partial charge in [0.2, 0.25) is 0 Å². The van der Waals surface area contributed by atoms with Crippen LogP contribution < -0.4 is 0 Å². The van der Waals surface area contributed by atoms with Gasteiger partial charge < -0.3 is 9.47 Å². The normalized spacial score (nSPS) is 12.0. The average Bonchev–Trinajstić information content (AvgIpc) is 2.37. The highest BCUT2D eigenvalue weighted by Crippen LogP contribution is 2.21. The van der Waals surface area contributed by atoms with E-state index in [0.717, 1.165) is 16.5 Å². The van der Waals surface area contributed by atoms with Crippen molar-refractivity contribution in [2.24, 2.45) is 0 Å². The lowest BCUT2D eigenvalue weighted by atomic mass is 10.2. The fraction of sp³-hybridized carbons (Fsp3) is 0.438. The first kappa shape index (κ1) is 15.2. The van der Waals surface area contributed by atoms with Crippen LogP contribution in [0.1, 0.15) is 26.3 Å². The summed E-state index contributed by atoms with van der Waals surface area (Å²) >= 11 is 6.17. The van der Waals surface area contributed by atoms with Gasteiger partial charge in [-0.1, -0.05) is 29.8 Å². The SMILES string of the molecule is CC(C)(C)OCCOCc1cc2ccccc2nc1Cl. The van der Waals surface area contributed by atoms with Crippen LogP contribution >= 0.6 is 11.6 Å². The number of hydrogen-bond donors (Lipinski definition) is 0. The van der Waals surface area contributed by atoms with Gasteiger partial charge in [-0.25, -0.2) is 4.98 Å². The standard InChI is InChI=1S/C16H20ClNO2/c1-16(2,3)20-9-8-19-11-13-10-12-6-4-5-7-14(12)18-15(13)17/h4-7,10H,8-9,11H2,1-3H3. The Morgan fingerprint density at radius 3 is 2.65 bits per heavy atom. The second-order valence-electron chi connectivity index (χ2n) is 5.64. The van der Waals surface area contributed by atoms with Gasteiger partial charge in [0.25, 0.3) is 0 Å². The van der Waals surface area contributed by atoms with Gasteiger partial charge in [-0.15, -0.1) is 0 Å². The molecule has 1 heterocycles. The van der Waals surface area contributed by atoms with Crippen molar-refractivity contribution in [3.63, 3.8) is 0 Å². The minimum Gasteiger partial charge on any atom is -0.374 e. The predicted molar refractivity (Wildman–Crippen MR) is 82.1 cm³/mol. The monoisotopic (exact) mass is 293 g/mol. The predicted octanol–water partition coefficient (Wildman–Crippen LogP) is 4.22. The molecule has 0 saturated heterocycles. The summed E-state index contributed by atoms with van der Waals surface area (Å²) in [5.41, 5.74) is 1.67. The molecule has 0 spiro atoms. The number of pyridine rings is 1. The number of hydrogen-bond acceptors (Lipinski definition) is 3. The number of nitrogens with zero attached hydrogens (tertiary/aromatic N) is 1. The molecule has 0 N–H and O–H groups in total. The summed E-state index contributed by atoms with van der Waals surface area (Å²) in [5.74, 6) is 0. The third kappa shape index (κ3) is 4.44. The fourth-order valence-corrected chi connectivity index (χ4v) is 2.03. The van der Waals surface area contributed by atoms with E-state index >= 15 is 0 Å². The molecule has 0 aliphatic carbocycles. The molecule has 0 fully saturated rings. The molecule has 0 aliphatic rings. The summed E-state index contributed by atoms with van der Waals surface area (Å²) in [6, 6.07) is 9.93. The van der Waals surface area contributed by atoms with E-state index < -0.39 is 0 Å². The number of benzene rings is 1. The molecule has 0 aliphatic heterocycles. The molecular formula is C16H20ClNO2. The zero-order chi connectivity index (χ0) is 14.6. The van der Waals surface area contributed by atoms with E-state index in [2.05, 4.69) is 4.98 Å². The second-order valence-corrected chi connectivity index (χ2v) is 6.00. The van der Waals surface area contributed by atoms with Crippen molar-refractivity contribution in [1.29, 1.82) is 0 Å². The van der Waals surface area contributed by atoms with Crippen LogP contribution in [-0.2, 0) is 16.1 Å². The third-order valence-electron chi connectivity index (χ3n) is 2.77. The molecule has 2 rings (SSSR count). The van der Waals surface area contributed by atoms with Crippen molar-refractivity contribution in [2.75, 3.05) is 13.2 Å². The Kier molecular flexibility index (Phi) is 4.97. The maximum atomic E-state index is 6.17. The molecule has 0 bridgehead atoms. The van der Waals surface area contributed by atoms with Crippen LogP contribution in [0.15, 0.2) is 30.3 Å². The summed E-state index contributed by atoms with van der Waals surface area (Å²) in [4.78, 5) is 4.37. The lowest BCUT2D eigenvalue weighted by Gasteiger charge is -2.19. The van der Waals surface area contributed by atoms with Gasteiger partial charge in [0.1, 0.15) is 5.15 Å². The molecular weight excluding hydrogens is 274 g/mol. The Morgan fingerprint density at radius 1 is 1.15 bits per heavy atom. The van der Waals surface area contributed by atoms with Crippen LogP contribution in [0.5, 0.6) is 0 Å². The largest absolute Gasteiger partial charge is 0.374 e. The Bertz CT molecular complexity index is 578. The topological polar surface area (TPSA) is 31.4 Å². The van der Waals surface area contributed by atoms with E-state index in [-0.39, 0.29) is 5.60 Å². The van der Waals surface area contributed by atoms with E-state index in [1.165, 1.54) is 0 Å². The number of rotatable bonds is 5. The van der Waals surface area contributed by atoms with E-state index in [1.807, 2.05) is 51.1 Å². The number of para-hydroxylation sites is 1. The molecule has 0 radical (unpaired) electrons. The molecule has 3 nitrogen and oxygen atoms in total. The summed E-state index contributed by atoms with van der Waals surface area (Å²) in [7, 11) is 0. The Labute approximate surface area is 124 Å². The third-order valence-corrected chi connectivity index (χ3v) is 3.10. The van der Waals surface area contributed by atoms with Crippen LogP contribution in [-0.4, -0.2) is 23.8 Å². The molecule has 0 amide bonds. The molecule has 0 unspecified atom stereocenters. The highest BCUT2D eigenvalue weighted by molar-refractivity contribution is 6.30. The lowest BCUT2D eigenvalue weighted by molar-refractivity contribution is -0.0376. The average molecular weight is 294 g/mol. The molecule has 1 aromatic heterocycles. The number of ether oxygens (including phenoxy) is 2. The lowest BCUT2D eigenvalue weighted by Crippen LogP contribution is -2.21. The molecule has 4 heteroatoms. The summed E-state index contributed by atoms with van der Waals surface area (Å²) in [6.45, 7) is 7.64. The van der Waals surface area contributed by atoms with E-state index in [4.69, 9.17) is 21.1 Å². The van der Waals surface area contributed by atoms with Crippen molar-refractivity contribution in [3.8, 4) is 0 Å². The van der Waals surface area contributed by atoms with Crippen LogP contribution in [0, 0.1) is 0 Å². The first-order valence-corrected chi connectivity index (χ1v) is 7.09. The summed E-state index contributed by atoms with van der Waals surface area (Å²) in [6.07, 6.45) is 0. The number of aromatic nitrogens is 1. The summed E-state index contributed by atoms with van der Waals surface area (Å²) < 4.78 is 11.2. The van der Waals surface area contributed by atoms with Crippen molar-refractivity contribution in [3.05, 3.63) is 41.0 Å². The zero-order valence-electron chi connectivity index (χ0n) is 12.1. The van der Waals surface area contributed by atoms with Gasteiger partial charge >= 0.3 is 0 Å². The van der Waals surface area contributed by atoms with Crippen LogP contribution in [0.4, 0.5) is 0 Å². The minimum absolute atomic E-state index is 0.133. The quantitative estimate of drug-likeness (QED) is 0.611. The second kappa shape index (κ2) is 6.53. The van der Waals surface area contributed by atoms with Gasteiger partial charge in [0, 0.05) is 10.9 Å². The maximum absolute atomic E-state index is 6.17. The van der Waals surface area contributed by atoms with Crippen molar-refractivity contribution in [2.45, 2.75) is 33.0 Å². The molecule has 2 aromatic rings. The van der Waals surface area contributed by atoms with Crippen LogP contribution in [0.2, 0.25) is 5.15 Å². The summed E-state index contributed by atoms with van der Waals surface area (Å²) in [5, 5.41) is 1.57. The number of fused-ring (bicyclic) bond motifs is 1. The van der Waals surface area contributed by atoms with Crippen LogP contribution in [0.25, 0.3) is 10.9 Å².